The maximum atomic E-state index is 6.86. The van der Waals surface area contributed by atoms with E-state index in [9.17, 15) is 0 Å². The Hall–Kier alpha value is -6.64. The molecule has 0 aliphatic heterocycles. The van der Waals surface area contributed by atoms with Gasteiger partial charge in [-0.2, -0.15) is 0 Å². The van der Waals surface area contributed by atoms with Gasteiger partial charge in [-0.3, -0.25) is 0 Å². The molecule has 2 nitrogen and oxygen atoms in total. The molecule has 0 radical (unpaired) electrons. The lowest BCUT2D eigenvalue weighted by Gasteiger charge is -2.36. The molecule has 254 valence electrons. The molecule has 0 saturated carbocycles. The van der Waals surface area contributed by atoms with E-state index in [1.54, 1.807) is 0 Å². The minimum absolute atomic E-state index is 0.154. The van der Waals surface area contributed by atoms with E-state index in [2.05, 4.69) is 195 Å². The summed E-state index contributed by atoms with van der Waals surface area (Å²) in [5, 5.41) is 2.24. The van der Waals surface area contributed by atoms with Gasteiger partial charge in [-0.1, -0.05) is 159 Å². The topological polar surface area (TPSA) is 16.4 Å². The van der Waals surface area contributed by atoms with E-state index in [1.165, 1.54) is 66.8 Å². The molecule has 0 fully saturated rings. The van der Waals surface area contributed by atoms with Gasteiger partial charge in [-0.05, 0) is 91.5 Å². The number of rotatable bonds is 3. The van der Waals surface area contributed by atoms with Gasteiger partial charge in [-0.25, -0.2) is 0 Å². The quantitative estimate of drug-likeness (QED) is 0.184. The molecule has 9 aromatic rings. The van der Waals surface area contributed by atoms with E-state index in [0.717, 1.165) is 39.0 Å². The van der Waals surface area contributed by atoms with Crippen molar-refractivity contribution in [3.05, 3.63) is 209 Å². The summed E-state index contributed by atoms with van der Waals surface area (Å²) in [7, 11) is 0. The maximum Gasteiger partial charge on any atom is 0.159 e. The summed E-state index contributed by atoms with van der Waals surface area (Å²) in [5.41, 5.74) is 20.2. The summed E-state index contributed by atoms with van der Waals surface area (Å²) in [6.45, 7) is 4.73. The Morgan fingerprint density at radius 3 is 1.61 bits per heavy atom. The smallest absolute Gasteiger partial charge is 0.159 e. The van der Waals surface area contributed by atoms with Gasteiger partial charge >= 0.3 is 0 Å². The fraction of sp³-hybridized carbons (Fsp3) is 0.0769. The van der Waals surface area contributed by atoms with E-state index in [0.29, 0.717) is 0 Å². The van der Waals surface area contributed by atoms with Gasteiger partial charge in [0.25, 0.3) is 0 Å². The van der Waals surface area contributed by atoms with Crippen LogP contribution in [0.1, 0.15) is 47.2 Å². The third kappa shape index (κ3) is 3.60. The third-order valence-electron chi connectivity index (χ3n) is 12.7. The van der Waals surface area contributed by atoms with Gasteiger partial charge in [0.1, 0.15) is 5.58 Å². The molecule has 1 spiro atoms. The average molecular weight is 690 g/mol. The molecule has 0 atom stereocenters. The Morgan fingerprint density at radius 1 is 0.407 bits per heavy atom. The predicted molar refractivity (Wildman–Crippen MR) is 222 cm³/mol. The number of fused-ring (bicyclic) bond motifs is 16. The van der Waals surface area contributed by atoms with Crippen molar-refractivity contribution in [2.45, 2.75) is 24.7 Å². The second-order valence-electron chi connectivity index (χ2n) is 15.6. The summed E-state index contributed by atoms with van der Waals surface area (Å²) in [6, 6.07) is 65.1. The number of nitrogens with zero attached hydrogens (tertiary/aromatic N) is 1. The van der Waals surface area contributed by atoms with Crippen LogP contribution in [0, 0.1) is 0 Å². The molecule has 12 rings (SSSR count). The molecule has 0 saturated heterocycles. The van der Waals surface area contributed by atoms with Crippen molar-refractivity contribution in [3.8, 4) is 33.4 Å². The van der Waals surface area contributed by atoms with Gasteiger partial charge < -0.3 is 9.32 Å². The van der Waals surface area contributed by atoms with Crippen LogP contribution in [-0.2, 0) is 10.8 Å². The number of benzene rings is 8. The lowest BCUT2D eigenvalue weighted by molar-refractivity contribution is 0.660. The van der Waals surface area contributed by atoms with Crippen molar-refractivity contribution in [1.82, 2.24) is 0 Å². The number of anilines is 3. The van der Waals surface area contributed by atoms with Gasteiger partial charge in [0, 0.05) is 27.4 Å². The van der Waals surface area contributed by atoms with Crippen LogP contribution in [0.25, 0.3) is 55.3 Å². The molecule has 0 unspecified atom stereocenters. The van der Waals surface area contributed by atoms with Crippen LogP contribution in [0.5, 0.6) is 0 Å². The van der Waals surface area contributed by atoms with Crippen molar-refractivity contribution < 1.29 is 4.42 Å². The van der Waals surface area contributed by atoms with Crippen LogP contribution in [0.2, 0.25) is 0 Å². The highest BCUT2D eigenvalue weighted by Crippen LogP contribution is 2.65. The molecule has 3 aliphatic rings. The van der Waals surface area contributed by atoms with E-state index >= 15 is 0 Å². The minimum atomic E-state index is -0.512. The Labute approximate surface area is 314 Å². The summed E-state index contributed by atoms with van der Waals surface area (Å²) in [6.07, 6.45) is 0. The monoisotopic (exact) mass is 689 g/mol. The van der Waals surface area contributed by atoms with Crippen molar-refractivity contribution in [1.29, 1.82) is 0 Å². The lowest BCUT2D eigenvalue weighted by Crippen LogP contribution is -2.28. The van der Waals surface area contributed by atoms with E-state index in [4.69, 9.17) is 4.42 Å². The Balaban J connectivity index is 1.22. The highest BCUT2D eigenvalue weighted by Gasteiger charge is 2.53. The fourth-order valence-corrected chi connectivity index (χ4v) is 10.5. The van der Waals surface area contributed by atoms with Gasteiger partial charge in [0.05, 0.1) is 16.8 Å². The summed E-state index contributed by atoms with van der Waals surface area (Å²) in [4.78, 5) is 2.50. The first-order valence-corrected chi connectivity index (χ1v) is 18.9. The maximum absolute atomic E-state index is 6.86. The third-order valence-corrected chi connectivity index (χ3v) is 12.7. The second kappa shape index (κ2) is 10.5. The average Bonchev–Trinajstić information content (AvgIpc) is 3.91. The van der Waals surface area contributed by atoms with Gasteiger partial charge in [0.2, 0.25) is 0 Å². The molecule has 0 amide bonds. The van der Waals surface area contributed by atoms with Crippen molar-refractivity contribution >= 4 is 39.0 Å². The zero-order valence-corrected chi connectivity index (χ0v) is 30.1. The van der Waals surface area contributed by atoms with Crippen LogP contribution in [0.4, 0.5) is 17.1 Å². The molecule has 3 aliphatic carbocycles. The number of hydrogen-bond acceptors (Lipinski definition) is 2. The fourth-order valence-electron chi connectivity index (χ4n) is 10.5. The van der Waals surface area contributed by atoms with Crippen LogP contribution >= 0.6 is 0 Å². The molecular weight excluding hydrogens is 655 g/mol. The van der Waals surface area contributed by atoms with Crippen molar-refractivity contribution in [3.63, 3.8) is 0 Å². The van der Waals surface area contributed by atoms with Crippen molar-refractivity contribution in [2.24, 2.45) is 0 Å². The van der Waals surface area contributed by atoms with Crippen LogP contribution in [-0.4, -0.2) is 0 Å². The van der Waals surface area contributed by atoms with Gasteiger partial charge in [0.15, 0.2) is 5.58 Å². The standard InChI is InChI=1S/C52H35NO/c1-51(2)41-22-8-3-15-33(41)37-30-29-32(31-45(37)51)53(47-27-14-21-40-38-19-7-12-28-48(38)54-50(40)47)46-26-13-20-39-36-18-6-11-25-44(36)52(49(39)46)42-23-9-4-16-34(42)35-17-5-10-24-43(35)52/h3-31H,1-2H3. The molecule has 1 aromatic heterocycles. The van der Waals surface area contributed by atoms with Crippen LogP contribution < -0.4 is 4.90 Å². The number of para-hydroxylation sites is 2. The van der Waals surface area contributed by atoms with Crippen LogP contribution in [0.15, 0.2) is 180 Å². The lowest BCUT2D eigenvalue weighted by atomic mass is 9.70. The number of hydrogen-bond donors (Lipinski definition) is 0. The first-order valence-electron chi connectivity index (χ1n) is 18.9. The van der Waals surface area contributed by atoms with E-state index in [-0.39, 0.29) is 5.41 Å². The van der Waals surface area contributed by atoms with E-state index in [1.807, 2.05) is 0 Å². The SMILES string of the molecule is CC1(C)c2ccccc2-c2ccc(N(c3cccc4c3C3(c5ccccc5-c5ccccc53)c3ccccc3-4)c3cccc4c3oc3ccccc34)cc21. The zero-order valence-electron chi connectivity index (χ0n) is 30.1. The Kier molecular flexibility index (Phi) is 5.81. The highest BCUT2D eigenvalue weighted by molar-refractivity contribution is 6.11. The highest BCUT2D eigenvalue weighted by atomic mass is 16.3. The summed E-state index contributed by atoms with van der Waals surface area (Å²) >= 11 is 0. The van der Waals surface area contributed by atoms with Gasteiger partial charge in [-0.15, -0.1) is 0 Å². The number of furan rings is 1. The first-order chi connectivity index (χ1) is 26.6. The largest absolute Gasteiger partial charge is 0.454 e. The first kappa shape index (κ1) is 29.9. The summed E-state index contributed by atoms with van der Waals surface area (Å²) in [5.74, 6) is 0. The molecule has 0 N–H and O–H groups in total. The van der Waals surface area contributed by atoms with Crippen molar-refractivity contribution in [2.75, 3.05) is 4.90 Å². The van der Waals surface area contributed by atoms with Crippen LogP contribution in [0.3, 0.4) is 0 Å². The molecule has 54 heavy (non-hydrogen) atoms. The molecule has 0 bridgehead atoms. The minimum Gasteiger partial charge on any atom is -0.454 e. The molecule has 8 aromatic carbocycles. The molecule has 2 heteroatoms. The Bertz CT molecular complexity index is 2990. The normalized spacial score (nSPS) is 14.8. The van der Waals surface area contributed by atoms with E-state index < -0.39 is 5.41 Å². The molecule has 1 heterocycles. The predicted octanol–water partition coefficient (Wildman–Crippen LogP) is 13.7. The Morgan fingerprint density at radius 2 is 0.907 bits per heavy atom. The zero-order chi connectivity index (χ0) is 35.8. The molecular formula is C52H35NO. The second-order valence-corrected chi connectivity index (χ2v) is 15.6. The summed E-state index contributed by atoms with van der Waals surface area (Å²) < 4.78 is 6.86.